The third-order valence-electron chi connectivity index (χ3n) is 4.48. The van der Waals surface area contributed by atoms with Gasteiger partial charge in [0.15, 0.2) is 0 Å². The fourth-order valence-corrected chi connectivity index (χ4v) is 3.44. The topological polar surface area (TPSA) is 26.0 Å². The number of nitrogens with two attached hydrogens (primary N) is 1. The molecule has 2 N–H and O–H groups in total. The van der Waals surface area contributed by atoms with Gasteiger partial charge < -0.3 is 5.73 Å². The molecule has 0 aliphatic heterocycles. The van der Waals surface area contributed by atoms with Gasteiger partial charge in [-0.05, 0) is 51.4 Å². The van der Waals surface area contributed by atoms with Crippen LogP contribution in [0.25, 0.3) is 0 Å². The monoisotopic (exact) mass is 279 g/mol. The summed E-state index contributed by atoms with van der Waals surface area (Å²) in [7, 11) is 0. The van der Waals surface area contributed by atoms with Crippen LogP contribution < -0.4 is 5.73 Å². The zero-order valence-electron chi connectivity index (χ0n) is 14.6. The standard InChI is InChI=1S/C19H37N/c1-6-13-19(14-7-2,15-8-3)18(5)11-9-10-17(4)12-16-20/h11-12H,6-10,13-16,20H2,1-5H3. The lowest BCUT2D eigenvalue weighted by Crippen LogP contribution is -2.22. The van der Waals surface area contributed by atoms with Crippen molar-refractivity contribution in [3.8, 4) is 0 Å². The average Bonchev–Trinajstić information content (AvgIpc) is 2.39. The number of hydrogen-bond donors (Lipinski definition) is 1. The molecule has 0 heterocycles. The van der Waals surface area contributed by atoms with Crippen LogP contribution >= 0.6 is 0 Å². The van der Waals surface area contributed by atoms with Crippen LogP contribution in [0, 0.1) is 5.41 Å². The molecule has 0 fully saturated rings. The molecule has 0 unspecified atom stereocenters. The molecule has 0 aliphatic rings. The fourth-order valence-electron chi connectivity index (χ4n) is 3.44. The molecule has 0 amide bonds. The van der Waals surface area contributed by atoms with Gasteiger partial charge in [-0.15, -0.1) is 0 Å². The second-order valence-corrected chi connectivity index (χ2v) is 6.24. The van der Waals surface area contributed by atoms with Crippen molar-refractivity contribution in [3.05, 3.63) is 23.3 Å². The summed E-state index contributed by atoms with van der Waals surface area (Å²) in [5, 5.41) is 0. The lowest BCUT2D eigenvalue weighted by molar-refractivity contribution is 0.266. The van der Waals surface area contributed by atoms with Crippen molar-refractivity contribution in [2.75, 3.05) is 6.54 Å². The van der Waals surface area contributed by atoms with Crippen LogP contribution in [0.1, 0.15) is 86.0 Å². The van der Waals surface area contributed by atoms with Gasteiger partial charge in [-0.3, -0.25) is 0 Å². The van der Waals surface area contributed by atoms with E-state index < -0.39 is 0 Å². The first-order valence-electron chi connectivity index (χ1n) is 8.59. The van der Waals surface area contributed by atoms with Gasteiger partial charge in [-0.25, -0.2) is 0 Å². The van der Waals surface area contributed by atoms with E-state index in [1.165, 1.54) is 44.1 Å². The molecule has 0 saturated carbocycles. The summed E-state index contributed by atoms with van der Waals surface area (Å²) in [6, 6.07) is 0. The summed E-state index contributed by atoms with van der Waals surface area (Å²) in [6.45, 7) is 12.2. The third kappa shape index (κ3) is 6.74. The molecule has 1 nitrogen and oxygen atoms in total. The van der Waals surface area contributed by atoms with Crippen LogP contribution in [0.15, 0.2) is 23.3 Å². The Bertz CT molecular complexity index is 282. The van der Waals surface area contributed by atoms with Gasteiger partial charge in [0.1, 0.15) is 0 Å². The van der Waals surface area contributed by atoms with Crippen LogP contribution in [0.5, 0.6) is 0 Å². The summed E-state index contributed by atoms with van der Waals surface area (Å²) in [5.74, 6) is 0. The highest BCUT2D eigenvalue weighted by Gasteiger charge is 2.28. The zero-order chi connectivity index (χ0) is 15.4. The van der Waals surface area contributed by atoms with Crippen LogP contribution in [-0.4, -0.2) is 6.54 Å². The Morgan fingerprint density at radius 1 is 0.900 bits per heavy atom. The normalized spacial score (nSPS) is 13.9. The molecule has 1 heteroatoms. The molecular formula is C19H37N. The molecule has 0 aromatic rings. The third-order valence-corrected chi connectivity index (χ3v) is 4.48. The predicted octanol–water partition coefficient (Wildman–Crippen LogP) is 6.00. The molecule has 0 saturated heterocycles. The van der Waals surface area contributed by atoms with Gasteiger partial charge in [-0.2, -0.15) is 0 Å². The van der Waals surface area contributed by atoms with E-state index in [0.29, 0.717) is 12.0 Å². The molecular weight excluding hydrogens is 242 g/mol. The van der Waals surface area contributed by atoms with Crippen LogP contribution in [-0.2, 0) is 0 Å². The van der Waals surface area contributed by atoms with Gasteiger partial charge in [-0.1, -0.05) is 63.3 Å². The Morgan fingerprint density at radius 3 is 1.80 bits per heavy atom. The van der Waals surface area contributed by atoms with Crippen LogP contribution in [0.4, 0.5) is 0 Å². The Kier molecular flexibility index (Phi) is 10.8. The number of hydrogen-bond acceptors (Lipinski definition) is 1. The van der Waals surface area contributed by atoms with Crippen molar-refractivity contribution in [3.63, 3.8) is 0 Å². The van der Waals surface area contributed by atoms with Gasteiger partial charge in [0, 0.05) is 6.54 Å². The lowest BCUT2D eigenvalue weighted by Gasteiger charge is -2.35. The van der Waals surface area contributed by atoms with Crippen molar-refractivity contribution in [1.82, 2.24) is 0 Å². The molecule has 20 heavy (non-hydrogen) atoms. The maximum absolute atomic E-state index is 5.56. The first-order chi connectivity index (χ1) is 9.56. The molecule has 0 radical (unpaired) electrons. The lowest BCUT2D eigenvalue weighted by atomic mass is 9.70. The largest absolute Gasteiger partial charge is 0.327 e. The number of allylic oxidation sites excluding steroid dienone is 3. The molecule has 0 aliphatic carbocycles. The molecule has 0 bridgehead atoms. The Morgan fingerprint density at radius 2 is 1.40 bits per heavy atom. The smallest absolute Gasteiger partial charge is 0.0109 e. The van der Waals surface area contributed by atoms with Crippen LogP contribution in [0.2, 0.25) is 0 Å². The van der Waals surface area contributed by atoms with Gasteiger partial charge in [0.05, 0.1) is 0 Å². The van der Waals surface area contributed by atoms with E-state index in [4.69, 9.17) is 5.73 Å². The molecule has 0 rings (SSSR count). The Hall–Kier alpha value is -0.560. The maximum atomic E-state index is 5.56. The second kappa shape index (κ2) is 11.1. The summed E-state index contributed by atoms with van der Waals surface area (Å²) in [6.07, 6.45) is 14.8. The molecule has 0 aromatic heterocycles. The minimum Gasteiger partial charge on any atom is -0.327 e. The Labute approximate surface area is 127 Å². The van der Waals surface area contributed by atoms with E-state index >= 15 is 0 Å². The highest BCUT2D eigenvalue weighted by Crippen LogP contribution is 2.42. The molecule has 118 valence electrons. The quantitative estimate of drug-likeness (QED) is 0.461. The van der Waals surface area contributed by atoms with E-state index in [-0.39, 0.29) is 0 Å². The Balaban J connectivity index is 4.82. The van der Waals surface area contributed by atoms with Crippen molar-refractivity contribution >= 4 is 0 Å². The van der Waals surface area contributed by atoms with Crippen molar-refractivity contribution in [2.24, 2.45) is 11.1 Å². The van der Waals surface area contributed by atoms with E-state index in [2.05, 4.69) is 46.8 Å². The number of rotatable bonds is 11. The molecule has 0 aromatic carbocycles. The minimum absolute atomic E-state index is 0.462. The molecule has 0 atom stereocenters. The van der Waals surface area contributed by atoms with Crippen LogP contribution in [0.3, 0.4) is 0 Å². The molecule has 0 spiro atoms. The SMILES string of the molecule is CCCC(CCC)(CCC)C(C)=CCCC(C)=CCN. The summed E-state index contributed by atoms with van der Waals surface area (Å²) in [4.78, 5) is 0. The minimum atomic E-state index is 0.462. The van der Waals surface area contributed by atoms with E-state index in [1.807, 2.05) is 0 Å². The van der Waals surface area contributed by atoms with Crippen molar-refractivity contribution < 1.29 is 0 Å². The van der Waals surface area contributed by atoms with Crippen molar-refractivity contribution in [2.45, 2.75) is 86.0 Å². The first kappa shape index (κ1) is 19.4. The maximum Gasteiger partial charge on any atom is 0.0109 e. The second-order valence-electron chi connectivity index (χ2n) is 6.24. The van der Waals surface area contributed by atoms with E-state index in [1.54, 1.807) is 5.57 Å². The predicted molar refractivity (Wildman–Crippen MR) is 93.0 cm³/mol. The zero-order valence-corrected chi connectivity index (χ0v) is 14.6. The summed E-state index contributed by atoms with van der Waals surface area (Å²) in [5.41, 5.74) is 9.07. The average molecular weight is 280 g/mol. The highest BCUT2D eigenvalue weighted by atomic mass is 14.5. The first-order valence-corrected chi connectivity index (χ1v) is 8.59. The fraction of sp³-hybridized carbons (Fsp3) is 0.789. The van der Waals surface area contributed by atoms with Crippen molar-refractivity contribution in [1.29, 1.82) is 0 Å². The summed E-state index contributed by atoms with van der Waals surface area (Å²) < 4.78 is 0. The highest BCUT2D eigenvalue weighted by molar-refractivity contribution is 5.13. The van der Waals surface area contributed by atoms with Gasteiger partial charge in [0.2, 0.25) is 0 Å². The van der Waals surface area contributed by atoms with Gasteiger partial charge >= 0.3 is 0 Å². The van der Waals surface area contributed by atoms with Gasteiger partial charge in [0.25, 0.3) is 0 Å². The van der Waals surface area contributed by atoms with E-state index in [0.717, 1.165) is 12.8 Å². The summed E-state index contributed by atoms with van der Waals surface area (Å²) >= 11 is 0. The van der Waals surface area contributed by atoms with E-state index in [9.17, 15) is 0 Å².